The van der Waals surface area contributed by atoms with Crippen LogP contribution in [0.3, 0.4) is 0 Å². The molecular formula is C15H18N2O2. The second-order valence-corrected chi connectivity index (χ2v) is 4.60. The van der Waals surface area contributed by atoms with E-state index in [0.29, 0.717) is 12.1 Å². The highest BCUT2D eigenvalue weighted by molar-refractivity contribution is 5.92. The average molecular weight is 258 g/mol. The lowest BCUT2D eigenvalue weighted by atomic mass is 10.2. The van der Waals surface area contributed by atoms with Gasteiger partial charge in [-0.1, -0.05) is 38.0 Å². The fourth-order valence-electron chi connectivity index (χ4n) is 1.99. The number of carbonyl (C=O) groups excluding carboxylic acids is 1. The molecule has 0 fully saturated rings. The predicted molar refractivity (Wildman–Crippen MR) is 77.3 cm³/mol. The predicted octanol–water partition coefficient (Wildman–Crippen LogP) is 3.05. The molecule has 1 aromatic heterocycles. The minimum Gasteiger partial charge on any atom is -0.321 e. The molecule has 1 amide bonds. The maximum atomic E-state index is 11.8. The topological polar surface area (TPSA) is 62.0 Å². The molecule has 0 aliphatic rings. The summed E-state index contributed by atoms with van der Waals surface area (Å²) in [6.45, 7) is 2.09. The molecule has 0 saturated heterocycles. The first kappa shape index (κ1) is 13.3. The number of anilines is 1. The third-order valence-electron chi connectivity index (χ3n) is 3.03. The third-order valence-corrected chi connectivity index (χ3v) is 3.03. The number of H-pyrrole nitrogens is 1. The zero-order valence-electron chi connectivity index (χ0n) is 11.0. The Kier molecular flexibility index (Phi) is 4.34. The van der Waals surface area contributed by atoms with Gasteiger partial charge in [-0.15, -0.1) is 0 Å². The smallest absolute Gasteiger partial charge is 0.272 e. The SMILES string of the molecule is CCCCCC(=O)Nc1cc2ccccc2[nH]c1=O. The first-order valence-corrected chi connectivity index (χ1v) is 6.62. The first-order valence-electron chi connectivity index (χ1n) is 6.62. The van der Waals surface area contributed by atoms with Crippen LogP contribution in [0.2, 0.25) is 0 Å². The summed E-state index contributed by atoms with van der Waals surface area (Å²) >= 11 is 0. The van der Waals surface area contributed by atoms with Gasteiger partial charge in [-0.3, -0.25) is 9.59 Å². The van der Waals surface area contributed by atoms with Gasteiger partial charge >= 0.3 is 0 Å². The molecule has 4 heteroatoms. The number of fused-ring (bicyclic) bond motifs is 1. The molecular weight excluding hydrogens is 240 g/mol. The van der Waals surface area contributed by atoms with Crippen molar-refractivity contribution in [3.05, 3.63) is 40.7 Å². The van der Waals surface area contributed by atoms with Gasteiger partial charge in [0.2, 0.25) is 5.91 Å². The van der Waals surface area contributed by atoms with Gasteiger partial charge in [-0.2, -0.15) is 0 Å². The lowest BCUT2D eigenvalue weighted by Gasteiger charge is -2.05. The van der Waals surface area contributed by atoms with E-state index in [4.69, 9.17) is 0 Å². The van der Waals surface area contributed by atoms with Gasteiger partial charge in [-0.25, -0.2) is 0 Å². The lowest BCUT2D eigenvalue weighted by Crippen LogP contribution is -2.19. The van der Waals surface area contributed by atoms with Crippen molar-refractivity contribution >= 4 is 22.5 Å². The number of nitrogens with one attached hydrogen (secondary N) is 2. The Morgan fingerprint density at radius 3 is 2.84 bits per heavy atom. The number of rotatable bonds is 5. The second-order valence-electron chi connectivity index (χ2n) is 4.60. The van der Waals surface area contributed by atoms with E-state index in [0.717, 1.165) is 30.2 Å². The molecule has 0 spiro atoms. The molecule has 100 valence electrons. The largest absolute Gasteiger partial charge is 0.321 e. The normalized spacial score (nSPS) is 10.6. The van der Waals surface area contributed by atoms with Crippen LogP contribution in [-0.2, 0) is 4.79 Å². The molecule has 0 saturated carbocycles. The highest BCUT2D eigenvalue weighted by Gasteiger charge is 2.06. The maximum absolute atomic E-state index is 11.8. The Morgan fingerprint density at radius 1 is 1.26 bits per heavy atom. The van der Waals surface area contributed by atoms with E-state index in [1.54, 1.807) is 6.07 Å². The molecule has 0 atom stereocenters. The van der Waals surface area contributed by atoms with Crippen molar-refractivity contribution in [2.45, 2.75) is 32.6 Å². The number of aromatic amines is 1. The van der Waals surface area contributed by atoms with E-state index in [9.17, 15) is 9.59 Å². The zero-order valence-corrected chi connectivity index (χ0v) is 11.0. The Labute approximate surface area is 111 Å². The minimum atomic E-state index is -0.262. The van der Waals surface area contributed by atoms with Crippen LogP contribution in [0, 0.1) is 0 Å². The van der Waals surface area contributed by atoms with E-state index >= 15 is 0 Å². The van der Waals surface area contributed by atoms with Gasteiger partial charge in [0, 0.05) is 17.3 Å². The molecule has 2 rings (SSSR count). The van der Waals surface area contributed by atoms with Crippen molar-refractivity contribution in [1.29, 1.82) is 0 Å². The van der Waals surface area contributed by atoms with Crippen LogP contribution in [0.5, 0.6) is 0 Å². The number of hydrogen-bond acceptors (Lipinski definition) is 2. The summed E-state index contributed by atoms with van der Waals surface area (Å²) < 4.78 is 0. The fraction of sp³-hybridized carbons (Fsp3) is 0.333. The van der Waals surface area contributed by atoms with Crippen molar-refractivity contribution in [2.75, 3.05) is 5.32 Å². The highest BCUT2D eigenvalue weighted by Crippen LogP contribution is 2.13. The van der Waals surface area contributed by atoms with Crippen LogP contribution < -0.4 is 10.9 Å². The number of aromatic nitrogens is 1. The summed E-state index contributed by atoms with van der Waals surface area (Å²) in [5.41, 5.74) is 0.833. The average Bonchev–Trinajstić information content (AvgIpc) is 2.40. The van der Waals surface area contributed by atoms with Crippen LogP contribution in [0.1, 0.15) is 32.6 Å². The summed E-state index contributed by atoms with van der Waals surface area (Å²) in [5, 5.41) is 3.59. The summed E-state index contributed by atoms with van der Waals surface area (Å²) in [7, 11) is 0. The number of unbranched alkanes of at least 4 members (excludes halogenated alkanes) is 2. The van der Waals surface area contributed by atoms with Crippen molar-refractivity contribution in [3.63, 3.8) is 0 Å². The molecule has 0 aliphatic carbocycles. The van der Waals surface area contributed by atoms with Crippen molar-refractivity contribution in [3.8, 4) is 0 Å². The van der Waals surface area contributed by atoms with Gasteiger partial charge in [0.05, 0.1) is 0 Å². The number of pyridine rings is 1. The van der Waals surface area contributed by atoms with Gasteiger partial charge in [0.1, 0.15) is 5.69 Å². The Bertz CT molecular complexity index is 631. The second kappa shape index (κ2) is 6.18. The summed E-state index contributed by atoms with van der Waals surface area (Å²) in [5.74, 6) is -0.103. The Hall–Kier alpha value is -2.10. The summed E-state index contributed by atoms with van der Waals surface area (Å²) in [6.07, 6.45) is 3.42. The monoisotopic (exact) mass is 258 g/mol. The molecule has 19 heavy (non-hydrogen) atoms. The molecule has 0 radical (unpaired) electrons. The van der Waals surface area contributed by atoms with Crippen LogP contribution in [-0.4, -0.2) is 10.9 Å². The maximum Gasteiger partial charge on any atom is 0.272 e. The van der Waals surface area contributed by atoms with Crippen LogP contribution in [0.4, 0.5) is 5.69 Å². The molecule has 0 aliphatic heterocycles. The van der Waals surface area contributed by atoms with E-state index in [2.05, 4.69) is 17.2 Å². The molecule has 0 bridgehead atoms. The van der Waals surface area contributed by atoms with E-state index in [-0.39, 0.29) is 11.5 Å². The van der Waals surface area contributed by atoms with Gasteiger partial charge < -0.3 is 10.3 Å². The molecule has 1 heterocycles. The molecule has 2 N–H and O–H groups in total. The van der Waals surface area contributed by atoms with Gasteiger partial charge in [0.25, 0.3) is 5.56 Å². The van der Waals surface area contributed by atoms with Gasteiger partial charge in [0.15, 0.2) is 0 Å². The van der Waals surface area contributed by atoms with Crippen molar-refractivity contribution in [2.24, 2.45) is 0 Å². The number of benzene rings is 1. The molecule has 4 nitrogen and oxygen atoms in total. The number of hydrogen-bond donors (Lipinski definition) is 2. The summed E-state index contributed by atoms with van der Waals surface area (Å²) in [4.78, 5) is 26.3. The van der Waals surface area contributed by atoms with E-state index in [1.807, 2.05) is 24.3 Å². The summed E-state index contributed by atoms with van der Waals surface area (Å²) in [6, 6.07) is 9.21. The fourth-order valence-corrected chi connectivity index (χ4v) is 1.99. The minimum absolute atomic E-state index is 0.103. The van der Waals surface area contributed by atoms with E-state index in [1.165, 1.54) is 0 Å². The molecule has 2 aromatic rings. The molecule has 1 aromatic carbocycles. The van der Waals surface area contributed by atoms with Gasteiger partial charge in [-0.05, 0) is 18.6 Å². The van der Waals surface area contributed by atoms with Crippen LogP contribution in [0.25, 0.3) is 10.9 Å². The Morgan fingerprint density at radius 2 is 2.05 bits per heavy atom. The van der Waals surface area contributed by atoms with E-state index < -0.39 is 0 Å². The quantitative estimate of drug-likeness (QED) is 0.810. The van der Waals surface area contributed by atoms with Crippen molar-refractivity contribution in [1.82, 2.24) is 4.98 Å². The number of para-hydroxylation sites is 1. The van der Waals surface area contributed by atoms with Crippen molar-refractivity contribution < 1.29 is 4.79 Å². The third kappa shape index (κ3) is 3.44. The lowest BCUT2D eigenvalue weighted by molar-refractivity contribution is -0.116. The molecule has 0 unspecified atom stereocenters. The Balaban J connectivity index is 2.14. The zero-order chi connectivity index (χ0) is 13.7. The van der Waals surface area contributed by atoms with Crippen LogP contribution >= 0.6 is 0 Å². The standard InChI is InChI=1S/C15H18N2O2/c1-2-3-4-9-14(18)16-13-10-11-7-5-6-8-12(11)17-15(13)19/h5-8,10H,2-4,9H2,1H3,(H,16,18)(H,17,19). The first-order chi connectivity index (χ1) is 9.20. The highest BCUT2D eigenvalue weighted by atomic mass is 16.2. The number of carbonyl (C=O) groups is 1. The number of amides is 1. The van der Waals surface area contributed by atoms with Crippen LogP contribution in [0.15, 0.2) is 35.1 Å².